The second-order valence-corrected chi connectivity index (χ2v) is 5.94. The topological polar surface area (TPSA) is 89.7 Å². The number of likely N-dealkylation sites (N-methyl/N-ethyl adjacent to an activating group) is 1. The molecule has 0 aliphatic carbocycles. The molecule has 0 unspecified atom stereocenters. The highest BCUT2D eigenvalue weighted by Crippen LogP contribution is 2.22. The summed E-state index contributed by atoms with van der Waals surface area (Å²) in [6, 6.07) is 4.66. The van der Waals surface area contributed by atoms with Crippen molar-refractivity contribution in [2.45, 2.75) is 18.7 Å². The van der Waals surface area contributed by atoms with Gasteiger partial charge in [-0.05, 0) is 24.6 Å². The van der Waals surface area contributed by atoms with Crippen molar-refractivity contribution in [3.63, 3.8) is 0 Å². The zero-order valence-corrected chi connectivity index (χ0v) is 12.0. The fraction of sp³-hybridized carbons (Fsp3) is 0.417. The van der Waals surface area contributed by atoms with Gasteiger partial charge in [0.1, 0.15) is 6.54 Å². The summed E-state index contributed by atoms with van der Waals surface area (Å²) in [7, 11) is -2.54. The Kier molecular flexibility index (Phi) is 4.90. The molecule has 0 saturated heterocycles. The van der Waals surface area contributed by atoms with E-state index in [0.29, 0.717) is 11.3 Å². The molecule has 2 N–H and O–H groups in total. The van der Waals surface area contributed by atoms with Gasteiger partial charge in [0.25, 0.3) is 0 Å². The van der Waals surface area contributed by atoms with Crippen LogP contribution >= 0.6 is 0 Å². The summed E-state index contributed by atoms with van der Waals surface area (Å²) >= 11 is 0. The summed E-state index contributed by atoms with van der Waals surface area (Å²) < 4.78 is 30.5. The molecule has 0 saturated carbocycles. The summed E-state index contributed by atoms with van der Waals surface area (Å²) in [6.07, 6.45) is 0. The highest BCUT2D eigenvalue weighted by molar-refractivity contribution is 7.89. The average molecular weight is 286 g/mol. The van der Waals surface area contributed by atoms with Crippen LogP contribution in [0.4, 0.5) is 5.69 Å². The first-order valence-electron chi connectivity index (χ1n) is 5.76. The number of anilines is 1. The maximum atomic E-state index is 12.5. The summed E-state index contributed by atoms with van der Waals surface area (Å²) in [5, 5.41) is 0. The number of nitrogens with two attached hydrogens (primary N) is 1. The van der Waals surface area contributed by atoms with E-state index in [1.54, 1.807) is 26.0 Å². The third kappa shape index (κ3) is 3.45. The van der Waals surface area contributed by atoms with E-state index in [1.807, 2.05) is 0 Å². The molecule has 0 heterocycles. The number of hydrogen-bond acceptors (Lipinski definition) is 5. The van der Waals surface area contributed by atoms with Gasteiger partial charge in [-0.1, -0.05) is 13.0 Å². The predicted octanol–water partition coefficient (Wildman–Crippen LogP) is 0.761. The van der Waals surface area contributed by atoms with Crippen LogP contribution in [0.25, 0.3) is 0 Å². The highest BCUT2D eigenvalue weighted by Gasteiger charge is 2.27. The molecule has 0 aliphatic rings. The van der Waals surface area contributed by atoms with E-state index in [9.17, 15) is 13.2 Å². The van der Waals surface area contributed by atoms with Gasteiger partial charge < -0.3 is 10.5 Å². The van der Waals surface area contributed by atoms with Crippen molar-refractivity contribution in [2.24, 2.45) is 0 Å². The molecule has 0 atom stereocenters. The molecule has 19 heavy (non-hydrogen) atoms. The van der Waals surface area contributed by atoms with E-state index in [4.69, 9.17) is 5.73 Å². The molecular formula is C12H18N2O4S. The maximum absolute atomic E-state index is 12.5. The molecule has 0 aromatic heterocycles. The first-order valence-corrected chi connectivity index (χ1v) is 7.20. The van der Waals surface area contributed by atoms with Gasteiger partial charge in [-0.2, -0.15) is 4.31 Å². The number of carbonyl (C=O) groups excluding carboxylic acids is 1. The minimum atomic E-state index is -3.76. The van der Waals surface area contributed by atoms with E-state index in [0.717, 1.165) is 4.31 Å². The number of hydrogen-bond donors (Lipinski definition) is 1. The van der Waals surface area contributed by atoms with Crippen molar-refractivity contribution in [3.8, 4) is 0 Å². The molecule has 106 valence electrons. The lowest BCUT2D eigenvalue weighted by molar-refractivity contribution is -0.140. The number of benzene rings is 1. The summed E-state index contributed by atoms with van der Waals surface area (Å²) in [5.74, 6) is -0.605. The second-order valence-electron chi connectivity index (χ2n) is 4.03. The standard InChI is InChI=1S/C12H18N2O4S/c1-4-14(8-12(15)18-3)19(16,17)11-7-10(13)6-5-9(11)2/h5-7H,4,8,13H2,1-3H3. The smallest absolute Gasteiger partial charge is 0.321 e. The number of aryl methyl sites for hydroxylation is 1. The number of esters is 1. The summed E-state index contributed by atoms with van der Waals surface area (Å²) in [4.78, 5) is 11.4. The lowest BCUT2D eigenvalue weighted by Crippen LogP contribution is -2.36. The van der Waals surface area contributed by atoms with E-state index in [-0.39, 0.29) is 18.0 Å². The molecule has 6 nitrogen and oxygen atoms in total. The zero-order chi connectivity index (χ0) is 14.6. The van der Waals surface area contributed by atoms with E-state index >= 15 is 0 Å². The lowest BCUT2D eigenvalue weighted by Gasteiger charge is -2.20. The van der Waals surface area contributed by atoms with Crippen LogP contribution < -0.4 is 5.73 Å². The molecule has 0 amide bonds. The molecule has 1 rings (SSSR count). The second kappa shape index (κ2) is 6.03. The van der Waals surface area contributed by atoms with Crippen LogP contribution in [0.15, 0.2) is 23.1 Å². The Morgan fingerprint density at radius 3 is 2.58 bits per heavy atom. The van der Waals surface area contributed by atoms with Crippen LogP contribution in [0.3, 0.4) is 0 Å². The van der Waals surface area contributed by atoms with Crippen molar-refractivity contribution in [3.05, 3.63) is 23.8 Å². The van der Waals surface area contributed by atoms with E-state index in [2.05, 4.69) is 4.74 Å². The Balaban J connectivity index is 3.20. The quantitative estimate of drug-likeness (QED) is 0.637. The van der Waals surface area contributed by atoms with Gasteiger partial charge in [-0.3, -0.25) is 4.79 Å². The van der Waals surface area contributed by atoms with Crippen molar-refractivity contribution < 1.29 is 17.9 Å². The predicted molar refractivity (Wildman–Crippen MR) is 72.0 cm³/mol. The van der Waals surface area contributed by atoms with Crippen molar-refractivity contribution >= 4 is 21.7 Å². The zero-order valence-electron chi connectivity index (χ0n) is 11.2. The van der Waals surface area contributed by atoms with Crippen LogP contribution in [-0.2, 0) is 19.6 Å². The Labute approximate surface area is 113 Å². The van der Waals surface area contributed by atoms with Gasteiger partial charge in [0, 0.05) is 12.2 Å². The van der Waals surface area contributed by atoms with Crippen LogP contribution in [-0.4, -0.2) is 38.9 Å². The van der Waals surface area contributed by atoms with Gasteiger partial charge in [0.05, 0.1) is 12.0 Å². The number of nitrogens with zero attached hydrogens (tertiary/aromatic N) is 1. The first-order chi connectivity index (χ1) is 8.82. The Morgan fingerprint density at radius 1 is 1.42 bits per heavy atom. The highest BCUT2D eigenvalue weighted by atomic mass is 32.2. The van der Waals surface area contributed by atoms with E-state index in [1.165, 1.54) is 13.2 Å². The largest absolute Gasteiger partial charge is 0.468 e. The Bertz CT molecular complexity index is 569. The average Bonchev–Trinajstić information content (AvgIpc) is 2.37. The van der Waals surface area contributed by atoms with Gasteiger partial charge in [-0.15, -0.1) is 0 Å². The third-order valence-corrected chi connectivity index (χ3v) is 4.78. The fourth-order valence-electron chi connectivity index (χ4n) is 1.61. The first kappa shape index (κ1) is 15.5. The minimum absolute atomic E-state index is 0.109. The van der Waals surface area contributed by atoms with Gasteiger partial charge in [-0.25, -0.2) is 8.42 Å². The Morgan fingerprint density at radius 2 is 2.05 bits per heavy atom. The molecule has 1 aromatic carbocycles. The minimum Gasteiger partial charge on any atom is -0.468 e. The molecule has 0 spiro atoms. The van der Waals surface area contributed by atoms with Crippen LogP contribution in [0.1, 0.15) is 12.5 Å². The molecule has 7 heteroatoms. The van der Waals surface area contributed by atoms with Crippen LogP contribution in [0.2, 0.25) is 0 Å². The number of ether oxygens (including phenoxy) is 1. The molecule has 0 fully saturated rings. The normalized spacial score (nSPS) is 11.6. The number of sulfonamides is 1. The molecule has 0 aliphatic heterocycles. The van der Waals surface area contributed by atoms with Gasteiger partial charge >= 0.3 is 5.97 Å². The molecule has 0 bridgehead atoms. The van der Waals surface area contributed by atoms with Crippen molar-refractivity contribution in [2.75, 3.05) is 25.9 Å². The van der Waals surface area contributed by atoms with Crippen molar-refractivity contribution in [1.82, 2.24) is 4.31 Å². The molecular weight excluding hydrogens is 268 g/mol. The number of nitrogen functional groups attached to an aromatic ring is 1. The molecule has 1 aromatic rings. The van der Waals surface area contributed by atoms with E-state index < -0.39 is 16.0 Å². The van der Waals surface area contributed by atoms with Gasteiger partial charge in [0.2, 0.25) is 10.0 Å². The van der Waals surface area contributed by atoms with Crippen LogP contribution in [0.5, 0.6) is 0 Å². The maximum Gasteiger partial charge on any atom is 0.321 e. The van der Waals surface area contributed by atoms with Crippen LogP contribution in [0, 0.1) is 6.92 Å². The third-order valence-electron chi connectivity index (χ3n) is 2.72. The summed E-state index contributed by atoms with van der Waals surface area (Å²) in [5.41, 5.74) is 6.56. The number of methoxy groups -OCH3 is 1. The SMILES string of the molecule is CCN(CC(=O)OC)S(=O)(=O)c1cc(N)ccc1C. The molecule has 0 radical (unpaired) electrons. The lowest BCUT2D eigenvalue weighted by atomic mass is 10.2. The monoisotopic (exact) mass is 286 g/mol. The Hall–Kier alpha value is -1.60. The number of carbonyl (C=O) groups is 1. The number of rotatable bonds is 5. The summed E-state index contributed by atoms with van der Waals surface area (Å²) in [6.45, 7) is 3.19. The van der Waals surface area contributed by atoms with Crippen molar-refractivity contribution in [1.29, 1.82) is 0 Å². The van der Waals surface area contributed by atoms with Gasteiger partial charge in [0.15, 0.2) is 0 Å². The fourth-order valence-corrected chi connectivity index (χ4v) is 3.26.